The minimum atomic E-state index is -3.91. The lowest BCUT2D eigenvalue weighted by molar-refractivity contribution is -0.149. The first-order valence-electron chi connectivity index (χ1n) is 7.03. The van der Waals surface area contributed by atoms with Crippen molar-refractivity contribution in [3.63, 3.8) is 0 Å². The molecule has 1 unspecified atom stereocenters. The number of piperidine rings is 1. The molecular formula is C13H21N3O4S. The molecule has 2 heterocycles. The van der Waals surface area contributed by atoms with Crippen molar-refractivity contribution in [3.05, 3.63) is 12.0 Å². The normalized spacial score (nSPS) is 24.1. The van der Waals surface area contributed by atoms with Crippen molar-refractivity contribution in [3.8, 4) is 0 Å². The van der Waals surface area contributed by atoms with Gasteiger partial charge in [0.05, 0.1) is 0 Å². The molecule has 21 heavy (non-hydrogen) atoms. The molecule has 0 radical (unpaired) electrons. The van der Waals surface area contributed by atoms with Crippen molar-refractivity contribution in [1.29, 1.82) is 0 Å². The minimum Gasteiger partial charge on any atom is -0.480 e. The van der Waals surface area contributed by atoms with Crippen molar-refractivity contribution in [2.75, 3.05) is 6.54 Å². The van der Waals surface area contributed by atoms with Gasteiger partial charge in [-0.25, -0.2) is 13.4 Å². The molecule has 0 spiro atoms. The molecule has 0 bridgehead atoms. The summed E-state index contributed by atoms with van der Waals surface area (Å²) in [5, 5.41) is 9.38. The predicted molar refractivity (Wildman–Crippen MR) is 76.4 cm³/mol. The number of aryl methyl sites for hydroxylation is 2. The zero-order chi connectivity index (χ0) is 15.8. The van der Waals surface area contributed by atoms with Crippen LogP contribution < -0.4 is 0 Å². The van der Waals surface area contributed by atoms with Gasteiger partial charge in [0.2, 0.25) is 0 Å². The number of aromatic nitrogens is 2. The minimum absolute atomic E-state index is 0.0729. The first-order valence-corrected chi connectivity index (χ1v) is 8.47. The van der Waals surface area contributed by atoms with Crippen LogP contribution in [0.5, 0.6) is 0 Å². The highest BCUT2D eigenvalue weighted by molar-refractivity contribution is 7.89. The van der Waals surface area contributed by atoms with Crippen LogP contribution >= 0.6 is 0 Å². The number of carbonyl (C=O) groups is 1. The van der Waals surface area contributed by atoms with Gasteiger partial charge in [0, 0.05) is 19.3 Å². The van der Waals surface area contributed by atoms with E-state index >= 15 is 0 Å². The van der Waals surface area contributed by atoms with Crippen molar-refractivity contribution in [2.24, 2.45) is 0 Å². The van der Waals surface area contributed by atoms with Crippen LogP contribution in [0, 0.1) is 6.92 Å². The van der Waals surface area contributed by atoms with Gasteiger partial charge in [-0.05, 0) is 40.0 Å². The molecule has 1 saturated heterocycles. The molecule has 1 aliphatic rings. The number of carboxylic acids is 1. The summed E-state index contributed by atoms with van der Waals surface area (Å²) in [5.74, 6) is -0.512. The Hall–Kier alpha value is -1.41. The molecule has 1 fully saturated rings. The summed E-state index contributed by atoms with van der Waals surface area (Å²) in [4.78, 5) is 15.7. The zero-order valence-electron chi connectivity index (χ0n) is 12.5. The molecule has 1 N–H and O–H groups in total. The highest BCUT2D eigenvalue weighted by Crippen LogP contribution is 2.33. The van der Waals surface area contributed by atoms with E-state index in [1.54, 1.807) is 11.5 Å². The first-order chi connectivity index (χ1) is 9.73. The number of rotatable bonds is 4. The average Bonchev–Trinajstić information content (AvgIpc) is 2.81. The molecule has 0 saturated carbocycles. The third-order valence-electron chi connectivity index (χ3n) is 4.14. The molecule has 2 rings (SSSR count). The number of hydrogen-bond donors (Lipinski definition) is 1. The lowest BCUT2D eigenvalue weighted by Gasteiger charge is -2.39. The topological polar surface area (TPSA) is 92.5 Å². The van der Waals surface area contributed by atoms with E-state index in [0.29, 0.717) is 31.6 Å². The van der Waals surface area contributed by atoms with E-state index in [1.807, 2.05) is 6.92 Å². The molecular weight excluding hydrogens is 294 g/mol. The van der Waals surface area contributed by atoms with Gasteiger partial charge in [0.15, 0.2) is 5.03 Å². The molecule has 1 atom stereocenters. The Morgan fingerprint density at radius 3 is 2.67 bits per heavy atom. The number of nitrogens with zero attached hydrogens (tertiary/aromatic N) is 3. The van der Waals surface area contributed by atoms with E-state index in [0.717, 1.165) is 4.31 Å². The van der Waals surface area contributed by atoms with Gasteiger partial charge in [-0.15, -0.1) is 0 Å². The summed E-state index contributed by atoms with van der Waals surface area (Å²) in [6, 6.07) is 0. The van der Waals surface area contributed by atoms with Gasteiger partial charge in [0.1, 0.15) is 11.4 Å². The van der Waals surface area contributed by atoms with Gasteiger partial charge < -0.3 is 9.67 Å². The van der Waals surface area contributed by atoms with Crippen LogP contribution in [0.15, 0.2) is 11.2 Å². The Labute approximate surface area is 124 Å². The number of hydrogen-bond acceptors (Lipinski definition) is 4. The fourth-order valence-corrected chi connectivity index (χ4v) is 4.53. The van der Waals surface area contributed by atoms with Crippen LogP contribution in [-0.2, 0) is 21.4 Å². The number of carboxylic acid groups (broad SMARTS) is 1. The quantitative estimate of drug-likeness (QED) is 0.902. The molecule has 1 aromatic heterocycles. The fraction of sp³-hybridized carbons (Fsp3) is 0.692. The predicted octanol–water partition coefficient (Wildman–Crippen LogP) is 1.23. The molecule has 118 valence electrons. The molecule has 7 nitrogen and oxygen atoms in total. The fourth-order valence-electron chi connectivity index (χ4n) is 2.73. The lowest BCUT2D eigenvalue weighted by atomic mass is 9.91. The summed E-state index contributed by atoms with van der Waals surface area (Å²) in [6.07, 6.45) is 3.16. The first kappa shape index (κ1) is 16.0. The maximum Gasteiger partial charge on any atom is 0.324 e. The van der Waals surface area contributed by atoms with Crippen LogP contribution in [0.3, 0.4) is 0 Å². The Morgan fingerprint density at radius 2 is 2.14 bits per heavy atom. The van der Waals surface area contributed by atoms with Crippen LogP contribution in [-0.4, -0.2) is 45.4 Å². The van der Waals surface area contributed by atoms with E-state index < -0.39 is 21.5 Å². The summed E-state index contributed by atoms with van der Waals surface area (Å²) in [6.45, 7) is 5.92. The van der Waals surface area contributed by atoms with Gasteiger partial charge in [-0.2, -0.15) is 4.31 Å². The van der Waals surface area contributed by atoms with Crippen molar-refractivity contribution in [2.45, 2.75) is 57.1 Å². The number of aliphatic carboxylic acids is 1. The van der Waals surface area contributed by atoms with Gasteiger partial charge in [-0.3, -0.25) is 4.79 Å². The molecule has 8 heteroatoms. The maximum atomic E-state index is 12.8. The summed E-state index contributed by atoms with van der Waals surface area (Å²) >= 11 is 0. The molecule has 0 amide bonds. The Bertz CT molecular complexity index is 652. The summed E-state index contributed by atoms with van der Waals surface area (Å²) in [7, 11) is -3.91. The molecule has 0 aromatic carbocycles. The second kappa shape index (κ2) is 5.42. The van der Waals surface area contributed by atoms with Crippen molar-refractivity contribution < 1.29 is 18.3 Å². The van der Waals surface area contributed by atoms with Crippen LogP contribution in [0.2, 0.25) is 0 Å². The average molecular weight is 315 g/mol. The van der Waals surface area contributed by atoms with Crippen LogP contribution in [0.1, 0.15) is 38.9 Å². The smallest absolute Gasteiger partial charge is 0.324 e. The van der Waals surface area contributed by atoms with Gasteiger partial charge in [0.25, 0.3) is 10.0 Å². The van der Waals surface area contributed by atoms with Crippen molar-refractivity contribution in [1.82, 2.24) is 13.9 Å². The Morgan fingerprint density at radius 1 is 1.48 bits per heavy atom. The summed E-state index contributed by atoms with van der Waals surface area (Å²) in [5.41, 5.74) is -1.40. The van der Waals surface area contributed by atoms with E-state index in [2.05, 4.69) is 4.98 Å². The zero-order valence-corrected chi connectivity index (χ0v) is 13.4. The van der Waals surface area contributed by atoms with E-state index in [9.17, 15) is 18.3 Å². The maximum absolute atomic E-state index is 12.8. The summed E-state index contributed by atoms with van der Waals surface area (Å²) < 4.78 is 28.4. The monoisotopic (exact) mass is 315 g/mol. The SMILES string of the molecule is CCn1cc(S(=O)(=O)N2CCCCC2(C)C(=O)O)nc1C. The Kier molecular flexibility index (Phi) is 4.12. The highest BCUT2D eigenvalue weighted by atomic mass is 32.2. The second-order valence-corrected chi connectivity index (χ2v) is 7.33. The third-order valence-corrected chi connectivity index (χ3v) is 6.03. The van der Waals surface area contributed by atoms with Gasteiger partial charge in [-0.1, -0.05) is 0 Å². The largest absolute Gasteiger partial charge is 0.480 e. The third kappa shape index (κ3) is 2.57. The number of sulfonamides is 1. The van der Waals surface area contributed by atoms with E-state index in [-0.39, 0.29) is 11.6 Å². The molecule has 1 aliphatic heterocycles. The van der Waals surface area contributed by atoms with E-state index in [1.165, 1.54) is 13.1 Å². The van der Waals surface area contributed by atoms with Crippen molar-refractivity contribution >= 4 is 16.0 Å². The van der Waals surface area contributed by atoms with E-state index in [4.69, 9.17) is 0 Å². The molecule has 1 aromatic rings. The molecule has 0 aliphatic carbocycles. The number of imidazole rings is 1. The van der Waals surface area contributed by atoms with Crippen LogP contribution in [0.25, 0.3) is 0 Å². The standard InChI is InChI=1S/C13H21N3O4S/c1-4-15-9-11(14-10(15)2)21(19,20)16-8-6-5-7-13(16,3)12(17)18/h9H,4-8H2,1-3H3,(H,17,18). The van der Waals surface area contributed by atoms with Gasteiger partial charge >= 0.3 is 5.97 Å². The lowest BCUT2D eigenvalue weighted by Crippen LogP contribution is -2.57. The highest BCUT2D eigenvalue weighted by Gasteiger charge is 2.48. The van der Waals surface area contributed by atoms with Crippen LogP contribution in [0.4, 0.5) is 0 Å². The Balaban J connectivity index is 2.48. The second-order valence-electron chi connectivity index (χ2n) is 5.53.